The second kappa shape index (κ2) is 8.88. The van der Waals surface area contributed by atoms with Crippen molar-refractivity contribution in [2.24, 2.45) is 5.92 Å². The SMILES string of the molecule is CC1CCN([C@@H](CNC(=O)Cn2cnc3ccccc3c2=O)c2cccs2)CC1. The van der Waals surface area contributed by atoms with Gasteiger partial charge in [-0.05, 0) is 55.4 Å². The van der Waals surface area contributed by atoms with Gasteiger partial charge < -0.3 is 5.32 Å². The number of hydrogen-bond acceptors (Lipinski definition) is 5. The molecular formula is C22H26N4O2S. The number of carbonyl (C=O) groups excluding carboxylic acids is 1. The Labute approximate surface area is 174 Å². The molecule has 0 spiro atoms. The number of amides is 1. The van der Waals surface area contributed by atoms with Crippen LogP contribution in [0.3, 0.4) is 0 Å². The van der Waals surface area contributed by atoms with Crippen molar-refractivity contribution in [3.05, 3.63) is 63.3 Å². The molecule has 6 nitrogen and oxygen atoms in total. The van der Waals surface area contributed by atoms with E-state index in [1.165, 1.54) is 28.6 Å². The van der Waals surface area contributed by atoms with Gasteiger partial charge in [-0.3, -0.25) is 19.1 Å². The summed E-state index contributed by atoms with van der Waals surface area (Å²) in [6.07, 6.45) is 3.83. The number of likely N-dealkylation sites (tertiary alicyclic amines) is 1. The summed E-state index contributed by atoms with van der Waals surface area (Å²) in [6.45, 7) is 4.92. The quantitative estimate of drug-likeness (QED) is 0.678. The van der Waals surface area contributed by atoms with Gasteiger partial charge in [-0.15, -0.1) is 11.3 Å². The van der Waals surface area contributed by atoms with Crippen molar-refractivity contribution >= 4 is 28.1 Å². The predicted molar refractivity (Wildman–Crippen MR) is 116 cm³/mol. The minimum atomic E-state index is -0.189. The second-order valence-corrected chi connectivity index (χ2v) is 8.73. The topological polar surface area (TPSA) is 67.2 Å². The van der Waals surface area contributed by atoms with Gasteiger partial charge in [0.15, 0.2) is 0 Å². The Morgan fingerprint density at radius 1 is 1.24 bits per heavy atom. The summed E-state index contributed by atoms with van der Waals surface area (Å²) < 4.78 is 1.38. The molecule has 3 aromatic rings. The second-order valence-electron chi connectivity index (χ2n) is 7.75. The van der Waals surface area contributed by atoms with Crippen molar-refractivity contribution in [1.82, 2.24) is 19.8 Å². The number of nitrogens with one attached hydrogen (secondary N) is 1. The first kappa shape index (κ1) is 19.8. The fraction of sp³-hybridized carbons (Fsp3) is 0.409. The molecule has 1 fully saturated rings. The minimum absolute atomic E-state index is 0.0230. The number of rotatable bonds is 6. The molecule has 1 aliphatic rings. The third kappa shape index (κ3) is 4.57. The monoisotopic (exact) mass is 410 g/mol. The minimum Gasteiger partial charge on any atom is -0.353 e. The number of nitrogens with zero attached hydrogens (tertiary/aromatic N) is 3. The maximum atomic E-state index is 12.6. The van der Waals surface area contributed by atoms with Crippen LogP contribution in [0.25, 0.3) is 10.9 Å². The highest BCUT2D eigenvalue weighted by Gasteiger charge is 2.25. The first-order chi connectivity index (χ1) is 14.1. The van der Waals surface area contributed by atoms with Gasteiger partial charge in [0.05, 0.1) is 23.3 Å². The molecule has 152 valence electrons. The van der Waals surface area contributed by atoms with Crippen molar-refractivity contribution in [3.8, 4) is 0 Å². The van der Waals surface area contributed by atoms with Crippen molar-refractivity contribution < 1.29 is 4.79 Å². The van der Waals surface area contributed by atoms with Crippen molar-refractivity contribution in [2.45, 2.75) is 32.4 Å². The van der Waals surface area contributed by atoms with Gasteiger partial charge >= 0.3 is 0 Å². The Bertz CT molecular complexity index is 1020. The molecule has 0 bridgehead atoms. The van der Waals surface area contributed by atoms with E-state index in [0.717, 1.165) is 19.0 Å². The van der Waals surface area contributed by atoms with E-state index in [0.29, 0.717) is 17.4 Å². The zero-order valence-corrected chi connectivity index (χ0v) is 17.4. The van der Waals surface area contributed by atoms with Crippen LogP contribution >= 0.6 is 11.3 Å². The summed E-state index contributed by atoms with van der Waals surface area (Å²) in [6, 6.07) is 11.6. The molecule has 1 saturated heterocycles. The van der Waals surface area contributed by atoms with E-state index in [1.54, 1.807) is 29.5 Å². The average Bonchev–Trinajstić information content (AvgIpc) is 3.26. The Morgan fingerprint density at radius 3 is 2.79 bits per heavy atom. The lowest BCUT2D eigenvalue weighted by Gasteiger charge is -2.36. The molecule has 1 aliphatic heterocycles. The van der Waals surface area contributed by atoms with E-state index in [2.05, 4.69) is 39.6 Å². The Kier molecular flexibility index (Phi) is 6.06. The lowest BCUT2D eigenvalue weighted by molar-refractivity contribution is -0.122. The van der Waals surface area contributed by atoms with Gasteiger partial charge in [0, 0.05) is 11.4 Å². The summed E-state index contributed by atoms with van der Waals surface area (Å²) in [4.78, 5) is 33.2. The van der Waals surface area contributed by atoms with Gasteiger partial charge in [-0.2, -0.15) is 0 Å². The Morgan fingerprint density at radius 2 is 2.03 bits per heavy atom. The highest BCUT2D eigenvalue weighted by molar-refractivity contribution is 7.10. The number of para-hydroxylation sites is 1. The molecule has 1 atom stereocenters. The van der Waals surface area contributed by atoms with Crippen molar-refractivity contribution in [3.63, 3.8) is 0 Å². The lowest BCUT2D eigenvalue weighted by atomic mass is 9.97. The van der Waals surface area contributed by atoms with E-state index >= 15 is 0 Å². The first-order valence-electron chi connectivity index (χ1n) is 10.1. The average molecular weight is 411 g/mol. The summed E-state index contributed by atoms with van der Waals surface area (Å²) in [5, 5.41) is 5.65. The van der Waals surface area contributed by atoms with Crippen LogP contribution in [0.4, 0.5) is 0 Å². The number of piperidine rings is 1. The molecule has 0 unspecified atom stereocenters. The number of thiophene rings is 1. The molecule has 1 N–H and O–H groups in total. The van der Waals surface area contributed by atoms with Crippen LogP contribution in [0.15, 0.2) is 52.9 Å². The molecule has 4 rings (SSSR count). The highest BCUT2D eigenvalue weighted by atomic mass is 32.1. The molecule has 3 heterocycles. The van der Waals surface area contributed by atoms with Gasteiger partial charge in [-0.25, -0.2) is 4.98 Å². The molecule has 0 radical (unpaired) electrons. The van der Waals surface area contributed by atoms with E-state index in [-0.39, 0.29) is 24.1 Å². The fourth-order valence-electron chi connectivity index (χ4n) is 3.87. The van der Waals surface area contributed by atoms with Gasteiger partial charge in [0.2, 0.25) is 5.91 Å². The van der Waals surface area contributed by atoms with E-state index in [4.69, 9.17) is 0 Å². The third-order valence-electron chi connectivity index (χ3n) is 5.67. The zero-order chi connectivity index (χ0) is 20.2. The molecule has 1 amide bonds. The molecule has 0 aliphatic carbocycles. The Balaban J connectivity index is 1.43. The maximum Gasteiger partial charge on any atom is 0.261 e. The molecule has 2 aromatic heterocycles. The molecular weight excluding hydrogens is 384 g/mol. The van der Waals surface area contributed by atoms with Crippen LogP contribution in [0, 0.1) is 5.92 Å². The van der Waals surface area contributed by atoms with Crippen molar-refractivity contribution in [1.29, 1.82) is 0 Å². The molecule has 1 aromatic carbocycles. The van der Waals surface area contributed by atoms with Crippen LogP contribution in [-0.4, -0.2) is 40.0 Å². The number of hydrogen-bond donors (Lipinski definition) is 1. The fourth-order valence-corrected chi connectivity index (χ4v) is 4.73. The predicted octanol–water partition coefficient (Wildman–Crippen LogP) is 3.05. The summed E-state index contributed by atoms with van der Waals surface area (Å²) >= 11 is 1.73. The van der Waals surface area contributed by atoms with Crippen LogP contribution in [0.5, 0.6) is 0 Å². The number of carbonyl (C=O) groups is 1. The standard InChI is InChI=1S/C22H26N4O2S/c1-16-8-10-25(11-9-16)19(20-7-4-12-29-20)13-23-21(27)14-26-15-24-18-6-3-2-5-17(18)22(26)28/h2-7,12,15-16,19H,8-11,13-14H2,1H3,(H,23,27)/t19-/m0/s1. The van der Waals surface area contributed by atoms with Gasteiger partial charge in [0.25, 0.3) is 5.56 Å². The summed E-state index contributed by atoms with van der Waals surface area (Å²) in [7, 11) is 0. The first-order valence-corrected chi connectivity index (χ1v) is 11.0. The highest BCUT2D eigenvalue weighted by Crippen LogP contribution is 2.29. The largest absolute Gasteiger partial charge is 0.353 e. The van der Waals surface area contributed by atoms with Crippen LogP contribution in [-0.2, 0) is 11.3 Å². The van der Waals surface area contributed by atoms with E-state index in [9.17, 15) is 9.59 Å². The normalized spacial score (nSPS) is 16.7. The van der Waals surface area contributed by atoms with Crippen LogP contribution in [0.1, 0.15) is 30.7 Å². The Hall–Kier alpha value is -2.51. The smallest absolute Gasteiger partial charge is 0.261 e. The van der Waals surface area contributed by atoms with Gasteiger partial charge in [-0.1, -0.05) is 25.1 Å². The maximum absolute atomic E-state index is 12.6. The van der Waals surface area contributed by atoms with E-state index < -0.39 is 0 Å². The number of fused-ring (bicyclic) bond motifs is 1. The molecule has 0 saturated carbocycles. The lowest BCUT2D eigenvalue weighted by Crippen LogP contribution is -2.42. The number of benzene rings is 1. The summed E-state index contributed by atoms with van der Waals surface area (Å²) in [5.41, 5.74) is 0.455. The van der Waals surface area contributed by atoms with Crippen molar-refractivity contribution in [2.75, 3.05) is 19.6 Å². The van der Waals surface area contributed by atoms with E-state index in [1.807, 2.05) is 6.07 Å². The van der Waals surface area contributed by atoms with Gasteiger partial charge in [0.1, 0.15) is 6.54 Å². The van der Waals surface area contributed by atoms with Crippen LogP contribution < -0.4 is 10.9 Å². The molecule has 7 heteroatoms. The van der Waals surface area contributed by atoms with Crippen LogP contribution in [0.2, 0.25) is 0 Å². The third-order valence-corrected chi connectivity index (χ3v) is 6.64. The zero-order valence-electron chi connectivity index (χ0n) is 16.6. The summed E-state index contributed by atoms with van der Waals surface area (Å²) in [5.74, 6) is 0.591. The molecule has 29 heavy (non-hydrogen) atoms. The number of aromatic nitrogens is 2.